The van der Waals surface area contributed by atoms with Gasteiger partial charge in [0.15, 0.2) is 6.10 Å². The minimum Gasteiger partial charge on any atom is -0.478 e. The Bertz CT molecular complexity index is 559. The molecular weight excluding hydrogens is 274 g/mol. The molecule has 7 nitrogen and oxygen atoms in total. The Balaban J connectivity index is 2.43. The number of aliphatic hydroxyl groups is 1. The third kappa shape index (κ3) is 2.98. The van der Waals surface area contributed by atoms with Gasteiger partial charge in [-0.2, -0.15) is 0 Å². The predicted octanol–water partition coefficient (Wildman–Crippen LogP) is -0.0812. The summed E-state index contributed by atoms with van der Waals surface area (Å²) in [6.45, 7) is 3.43. The van der Waals surface area contributed by atoms with E-state index in [1.807, 2.05) is 19.3 Å². The van der Waals surface area contributed by atoms with Gasteiger partial charge in [0.2, 0.25) is 0 Å². The van der Waals surface area contributed by atoms with E-state index in [1.54, 1.807) is 18.2 Å². The van der Waals surface area contributed by atoms with Crippen LogP contribution < -0.4 is 20.9 Å². The van der Waals surface area contributed by atoms with E-state index in [0.29, 0.717) is 17.0 Å². The fourth-order valence-electron chi connectivity index (χ4n) is 2.21. The van der Waals surface area contributed by atoms with Gasteiger partial charge in [0.1, 0.15) is 12.3 Å². The Hall–Kier alpha value is -2.12. The zero-order valence-corrected chi connectivity index (χ0v) is 12.0. The van der Waals surface area contributed by atoms with Crippen molar-refractivity contribution in [3.8, 4) is 5.75 Å². The molecule has 0 bridgehead atoms. The van der Waals surface area contributed by atoms with Gasteiger partial charge in [0, 0.05) is 0 Å². The fourth-order valence-corrected chi connectivity index (χ4v) is 2.21. The molecule has 1 aromatic carbocycles. The summed E-state index contributed by atoms with van der Waals surface area (Å²) in [5, 5.41) is 9.20. The molecule has 4 N–H and O–H groups in total. The van der Waals surface area contributed by atoms with Crippen LogP contribution in [0.25, 0.3) is 0 Å². The van der Waals surface area contributed by atoms with Crippen LogP contribution in [0.15, 0.2) is 18.2 Å². The summed E-state index contributed by atoms with van der Waals surface area (Å²) in [6, 6.07) is 5.00. The highest BCUT2D eigenvalue weighted by atomic mass is 16.5. The maximum atomic E-state index is 12.5. The van der Waals surface area contributed by atoms with Gasteiger partial charge in [-0.1, -0.05) is 19.9 Å². The van der Waals surface area contributed by atoms with E-state index in [-0.39, 0.29) is 25.0 Å². The number of rotatable bonds is 4. The number of hydrogen-bond donors (Lipinski definition) is 3. The molecule has 1 aliphatic heterocycles. The maximum absolute atomic E-state index is 12.5. The second kappa shape index (κ2) is 6.11. The minimum atomic E-state index is -0.669. The van der Waals surface area contributed by atoms with Crippen molar-refractivity contribution in [1.82, 2.24) is 5.43 Å². The van der Waals surface area contributed by atoms with Gasteiger partial charge in [-0.15, -0.1) is 0 Å². The van der Waals surface area contributed by atoms with E-state index in [0.717, 1.165) is 0 Å². The van der Waals surface area contributed by atoms with Crippen molar-refractivity contribution in [3.63, 3.8) is 0 Å². The summed E-state index contributed by atoms with van der Waals surface area (Å²) < 4.78 is 5.73. The second-order valence-electron chi connectivity index (χ2n) is 5.23. The van der Waals surface area contributed by atoms with Gasteiger partial charge in [-0.3, -0.25) is 19.9 Å². The van der Waals surface area contributed by atoms with E-state index < -0.39 is 12.0 Å². The highest BCUT2D eigenvalue weighted by Gasteiger charge is 2.37. The van der Waals surface area contributed by atoms with Crippen molar-refractivity contribution in [1.29, 1.82) is 0 Å². The van der Waals surface area contributed by atoms with Crippen LogP contribution in [0.4, 0.5) is 5.69 Å². The SMILES string of the molecule is CC(C)C1Oc2cc(CO)ccc2N(CC(=O)NN)C1=O. The molecule has 1 aliphatic rings. The summed E-state index contributed by atoms with van der Waals surface area (Å²) in [5.41, 5.74) is 3.19. The van der Waals surface area contributed by atoms with Crippen LogP contribution in [0, 0.1) is 5.92 Å². The van der Waals surface area contributed by atoms with Crippen LogP contribution in [-0.4, -0.2) is 29.6 Å². The summed E-state index contributed by atoms with van der Waals surface area (Å²) in [5.74, 6) is 4.77. The number of carbonyl (C=O) groups is 2. The summed E-state index contributed by atoms with van der Waals surface area (Å²) in [7, 11) is 0. The molecule has 1 atom stereocenters. The Labute approximate surface area is 122 Å². The number of nitrogens with zero attached hydrogens (tertiary/aromatic N) is 1. The highest BCUT2D eigenvalue weighted by Crippen LogP contribution is 2.36. The van der Waals surface area contributed by atoms with E-state index in [1.165, 1.54) is 4.90 Å². The minimum absolute atomic E-state index is 0.0492. The van der Waals surface area contributed by atoms with Crippen molar-refractivity contribution < 1.29 is 19.4 Å². The Morgan fingerprint density at radius 3 is 2.81 bits per heavy atom. The standard InChI is InChI=1S/C14H19N3O4/c1-8(2)13-14(20)17(6-12(19)16-15)10-4-3-9(7-18)5-11(10)21-13/h3-5,8,13,18H,6-7,15H2,1-2H3,(H,16,19). The Kier molecular flexibility index (Phi) is 4.44. The average molecular weight is 293 g/mol. The maximum Gasteiger partial charge on any atom is 0.268 e. The van der Waals surface area contributed by atoms with Crippen molar-refractivity contribution in [2.24, 2.45) is 11.8 Å². The lowest BCUT2D eigenvalue weighted by Crippen LogP contribution is -2.52. The molecule has 1 heterocycles. The fraction of sp³-hybridized carbons (Fsp3) is 0.429. The third-order valence-electron chi connectivity index (χ3n) is 3.33. The molecule has 7 heteroatoms. The van der Waals surface area contributed by atoms with Crippen LogP contribution in [0.5, 0.6) is 5.75 Å². The molecule has 0 saturated carbocycles. The van der Waals surface area contributed by atoms with Gasteiger partial charge < -0.3 is 9.84 Å². The first-order valence-corrected chi connectivity index (χ1v) is 6.69. The molecule has 0 radical (unpaired) electrons. The van der Waals surface area contributed by atoms with Crippen LogP contribution in [0.1, 0.15) is 19.4 Å². The van der Waals surface area contributed by atoms with Gasteiger partial charge in [0.25, 0.3) is 11.8 Å². The number of carbonyl (C=O) groups excluding carboxylic acids is 2. The topological polar surface area (TPSA) is 105 Å². The molecule has 0 aliphatic carbocycles. The summed E-state index contributed by atoms with van der Waals surface area (Å²) in [6.07, 6.45) is -0.669. The smallest absolute Gasteiger partial charge is 0.268 e. The molecule has 0 aromatic heterocycles. The van der Waals surface area contributed by atoms with Crippen molar-refractivity contribution in [2.75, 3.05) is 11.4 Å². The molecular formula is C14H19N3O4. The summed E-state index contributed by atoms with van der Waals surface area (Å²) in [4.78, 5) is 25.3. The quantitative estimate of drug-likeness (QED) is 0.409. The van der Waals surface area contributed by atoms with Gasteiger partial charge in [-0.25, -0.2) is 5.84 Å². The zero-order chi connectivity index (χ0) is 15.6. The van der Waals surface area contributed by atoms with Crippen molar-refractivity contribution >= 4 is 17.5 Å². The first-order valence-electron chi connectivity index (χ1n) is 6.69. The van der Waals surface area contributed by atoms with Gasteiger partial charge in [0.05, 0.1) is 12.3 Å². The molecule has 1 unspecified atom stereocenters. The number of hydrogen-bond acceptors (Lipinski definition) is 5. The number of benzene rings is 1. The number of aliphatic hydroxyl groups excluding tert-OH is 1. The number of nitrogens with one attached hydrogen (secondary N) is 1. The molecule has 0 spiro atoms. The molecule has 114 valence electrons. The molecule has 2 amide bonds. The Morgan fingerprint density at radius 1 is 1.52 bits per heavy atom. The first-order chi connectivity index (χ1) is 9.97. The Morgan fingerprint density at radius 2 is 2.24 bits per heavy atom. The highest BCUT2D eigenvalue weighted by molar-refractivity contribution is 6.03. The number of amides is 2. The van der Waals surface area contributed by atoms with E-state index in [4.69, 9.17) is 10.6 Å². The second-order valence-corrected chi connectivity index (χ2v) is 5.23. The third-order valence-corrected chi connectivity index (χ3v) is 3.33. The predicted molar refractivity (Wildman–Crippen MR) is 76.3 cm³/mol. The first kappa shape index (κ1) is 15.3. The van der Waals surface area contributed by atoms with Crippen molar-refractivity contribution in [3.05, 3.63) is 23.8 Å². The van der Waals surface area contributed by atoms with Crippen LogP contribution in [-0.2, 0) is 16.2 Å². The molecule has 0 fully saturated rings. The molecule has 2 rings (SSSR count). The largest absolute Gasteiger partial charge is 0.478 e. The van der Waals surface area contributed by atoms with Crippen LogP contribution in [0.3, 0.4) is 0 Å². The van der Waals surface area contributed by atoms with E-state index >= 15 is 0 Å². The van der Waals surface area contributed by atoms with Crippen molar-refractivity contribution in [2.45, 2.75) is 26.6 Å². The zero-order valence-electron chi connectivity index (χ0n) is 12.0. The van der Waals surface area contributed by atoms with E-state index in [9.17, 15) is 14.7 Å². The van der Waals surface area contributed by atoms with Crippen LogP contribution in [0.2, 0.25) is 0 Å². The lowest BCUT2D eigenvalue weighted by atomic mass is 10.0. The lowest BCUT2D eigenvalue weighted by molar-refractivity contribution is -0.130. The van der Waals surface area contributed by atoms with Gasteiger partial charge >= 0.3 is 0 Å². The number of ether oxygens (including phenoxy) is 1. The summed E-state index contributed by atoms with van der Waals surface area (Å²) >= 11 is 0. The number of nitrogens with two attached hydrogens (primary N) is 1. The monoisotopic (exact) mass is 293 g/mol. The number of fused-ring (bicyclic) bond motifs is 1. The number of hydrazine groups is 1. The van der Waals surface area contributed by atoms with Crippen LogP contribution >= 0.6 is 0 Å². The van der Waals surface area contributed by atoms with E-state index in [2.05, 4.69) is 0 Å². The normalized spacial score (nSPS) is 17.5. The lowest BCUT2D eigenvalue weighted by Gasteiger charge is -2.35. The average Bonchev–Trinajstić information content (AvgIpc) is 2.48. The molecule has 21 heavy (non-hydrogen) atoms. The van der Waals surface area contributed by atoms with Gasteiger partial charge in [-0.05, 0) is 23.6 Å². The molecule has 0 saturated heterocycles. The number of anilines is 1. The molecule has 1 aromatic rings.